The zero-order valence-corrected chi connectivity index (χ0v) is 14.8. The lowest BCUT2D eigenvalue weighted by molar-refractivity contribution is 0.0819. The van der Waals surface area contributed by atoms with Gasteiger partial charge in [-0.1, -0.05) is 12.1 Å². The zero-order valence-electron chi connectivity index (χ0n) is 13.2. The Morgan fingerprint density at radius 2 is 1.64 bits per heavy atom. The van der Waals surface area contributed by atoms with Crippen molar-refractivity contribution in [3.63, 3.8) is 0 Å². The van der Waals surface area contributed by atoms with E-state index in [4.69, 9.17) is 10.5 Å². The number of rotatable bonds is 8. The summed E-state index contributed by atoms with van der Waals surface area (Å²) in [7, 11) is -3.67. The number of nitrogens with one attached hydrogen (secondary N) is 1. The number of sulfonamides is 1. The number of nitrogen functional groups attached to an aromatic ring is 1. The highest BCUT2D eigenvalue weighted by Crippen LogP contribution is 2.16. The number of halogens is 3. The van der Waals surface area contributed by atoms with Crippen LogP contribution in [0.5, 0.6) is 5.75 Å². The molecule has 2 rings (SSSR count). The van der Waals surface area contributed by atoms with Gasteiger partial charge >= 0.3 is 0 Å². The van der Waals surface area contributed by atoms with E-state index >= 15 is 0 Å². The molecule has 138 valence electrons. The predicted molar refractivity (Wildman–Crippen MR) is 94.9 cm³/mol. The number of anilines is 1. The second-order valence-electron chi connectivity index (χ2n) is 5.06. The van der Waals surface area contributed by atoms with Gasteiger partial charge in [0.1, 0.15) is 12.4 Å². The molecule has 0 unspecified atom stereocenters. The molecule has 0 bridgehead atoms. The van der Waals surface area contributed by atoms with Crippen molar-refractivity contribution in [3.8, 4) is 5.75 Å². The van der Waals surface area contributed by atoms with Gasteiger partial charge in [-0.2, -0.15) is 0 Å². The van der Waals surface area contributed by atoms with Crippen molar-refractivity contribution >= 4 is 28.1 Å². The minimum Gasteiger partial charge on any atom is -0.488 e. The summed E-state index contributed by atoms with van der Waals surface area (Å²) in [5.41, 5.74) is 7.19. The number of alkyl halides is 2. The fourth-order valence-electron chi connectivity index (χ4n) is 1.97. The van der Waals surface area contributed by atoms with E-state index in [1.54, 1.807) is 12.1 Å². The molecule has 0 atom stereocenters. The number of benzene rings is 2. The molecule has 0 saturated heterocycles. The Kier molecular flexibility index (Phi) is 8.08. The van der Waals surface area contributed by atoms with E-state index in [-0.39, 0.29) is 29.6 Å². The smallest absolute Gasteiger partial charge is 0.272 e. The molecular weight excluding hydrogens is 374 g/mol. The fourth-order valence-corrected chi connectivity index (χ4v) is 3.00. The molecule has 0 aromatic heterocycles. The second-order valence-corrected chi connectivity index (χ2v) is 6.83. The summed E-state index contributed by atoms with van der Waals surface area (Å²) < 4.78 is 55.7. The summed E-state index contributed by atoms with van der Waals surface area (Å²) in [5, 5.41) is 0. The van der Waals surface area contributed by atoms with Crippen LogP contribution < -0.4 is 15.2 Å². The summed E-state index contributed by atoms with van der Waals surface area (Å²) >= 11 is 0. The van der Waals surface area contributed by atoms with Crippen molar-refractivity contribution in [1.29, 1.82) is 0 Å². The third kappa shape index (κ3) is 6.85. The Bertz CT molecular complexity index is 754. The van der Waals surface area contributed by atoms with Gasteiger partial charge in [-0.3, -0.25) is 0 Å². The van der Waals surface area contributed by atoms with Crippen LogP contribution in [-0.4, -0.2) is 28.0 Å². The Morgan fingerprint density at radius 3 is 2.20 bits per heavy atom. The van der Waals surface area contributed by atoms with Crippen molar-refractivity contribution in [2.75, 3.05) is 18.9 Å². The Balaban J connectivity index is 0.00000312. The van der Waals surface area contributed by atoms with E-state index < -0.39 is 23.1 Å². The molecule has 0 fully saturated rings. The third-order valence-electron chi connectivity index (χ3n) is 3.20. The van der Waals surface area contributed by atoms with E-state index in [1.807, 2.05) is 12.1 Å². The Morgan fingerprint density at radius 1 is 1.04 bits per heavy atom. The molecule has 0 radical (unpaired) electrons. The molecule has 0 saturated carbocycles. The molecular formula is C16H19ClF2N2O3S. The van der Waals surface area contributed by atoms with Crippen LogP contribution in [0.3, 0.4) is 0 Å². The van der Waals surface area contributed by atoms with Gasteiger partial charge in [0.05, 0.1) is 4.90 Å². The molecule has 0 aliphatic heterocycles. The van der Waals surface area contributed by atoms with E-state index in [9.17, 15) is 17.2 Å². The van der Waals surface area contributed by atoms with Crippen LogP contribution in [0.25, 0.3) is 0 Å². The topological polar surface area (TPSA) is 81.4 Å². The summed E-state index contributed by atoms with van der Waals surface area (Å²) in [5.74, 6) is 0.191. The van der Waals surface area contributed by atoms with Gasteiger partial charge < -0.3 is 10.5 Å². The molecule has 0 amide bonds. The minimum atomic E-state index is -3.67. The fraction of sp³-hybridized carbons (Fsp3) is 0.250. The first kappa shape index (κ1) is 21.1. The van der Waals surface area contributed by atoms with E-state index in [1.165, 1.54) is 24.3 Å². The second kappa shape index (κ2) is 9.55. The normalized spacial score (nSPS) is 11.2. The first-order valence-corrected chi connectivity index (χ1v) is 8.70. The van der Waals surface area contributed by atoms with Crippen molar-refractivity contribution < 1.29 is 21.9 Å². The maximum absolute atomic E-state index is 12.2. The first-order valence-electron chi connectivity index (χ1n) is 7.22. The lowest BCUT2D eigenvalue weighted by atomic mass is 10.1. The minimum absolute atomic E-state index is 0. The Hall–Kier alpha value is -1.90. The van der Waals surface area contributed by atoms with Crippen LogP contribution in [0.2, 0.25) is 0 Å². The molecule has 5 nitrogen and oxygen atoms in total. The lowest BCUT2D eigenvalue weighted by Gasteiger charge is -2.09. The summed E-state index contributed by atoms with van der Waals surface area (Å²) in [6.45, 7) is -0.498. The molecule has 2 aromatic carbocycles. The first-order chi connectivity index (χ1) is 11.4. The van der Waals surface area contributed by atoms with E-state index in [0.29, 0.717) is 12.1 Å². The largest absolute Gasteiger partial charge is 0.488 e. The van der Waals surface area contributed by atoms with Gasteiger partial charge in [0.25, 0.3) is 6.43 Å². The van der Waals surface area contributed by atoms with Gasteiger partial charge in [-0.25, -0.2) is 21.9 Å². The average Bonchev–Trinajstić information content (AvgIpc) is 2.55. The SMILES string of the molecule is Cl.Nc1ccc(CCNS(=O)(=O)c2ccc(OCC(F)F)cc2)cc1. The van der Waals surface area contributed by atoms with Crippen molar-refractivity contribution in [1.82, 2.24) is 4.72 Å². The van der Waals surface area contributed by atoms with E-state index in [0.717, 1.165) is 5.56 Å². The molecule has 25 heavy (non-hydrogen) atoms. The van der Waals surface area contributed by atoms with Gasteiger partial charge in [-0.05, 0) is 48.4 Å². The van der Waals surface area contributed by atoms with Gasteiger partial charge in [-0.15, -0.1) is 12.4 Å². The molecule has 0 heterocycles. The molecule has 9 heteroatoms. The summed E-state index contributed by atoms with van der Waals surface area (Å²) in [4.78, 5) is 0.0456. The van der Waals surface area contributed by atoms with Crippen molar-refractivity contribution in [3.05, 3.63) is 54.1 Å². The standard InChI is InChI=1S/C16H18F2N2O3S.ClH/c17-16(18)11-23-14-5-7-15(8-6-14)24(21,22)20-10-9-12-1-3-13(19)4-2-12;/h1-8,16,20H,9-11,19H2;1H. The molecule has 0 spiro atoms. The highest BCUT2D eigenvalue weighted by molar-refractivity contribution is 7.89. The van der Waals surface area contributed by atoms with Crippen LogP contribution in [0, 0.1) is 0 Å². The van der Waals surface area contributed by atoms with Crippen LogP contribution >= 0.6 is 12.4 Å². The highest BCUT2D eigenvalue weighted by atomic mass is 35.5. The zero-order chi connectivity index (χ0) is 17.6. The van der Waals surface area contributed by atoms with Crippen LogP contribution in [0.15, 0.2) is 53.4 Å². The number of hydrogen-bond acceptors (Lipinski definition) is 4. The van der Waals surface area contributed by atoms with Gasteiger partial charge in [0.2, 0.25) is 10.0 Å². The van der Waals surface area contributed by atoms with Crippen LogP contribution in [0.4, 0.5) is 14.5 Å². The maximum atomic E-state index is 12.2. The van der Waals surface area contributed by atoms with Gasteiger partial charge in [0.15, 0.2) is 0 Å². The number of hydrogen-bond donors (Lipinski definition) is 2. The summed E-state index contributed by atoms with van der Waals surface area (Å²) in [6, 6.07) is 12.5. The Labute approximate surface area is 151 Å². The van der Waals surface area contributed by atoms with Crippen molar-refractivity contribution in [2.24, 2.45) is 0 Å². The van der Waals surface area contributed by atoms with Gasteiger partial charge in [0, 0.05) is 12.2 Å². The molecule has 2 aromatic rings. The third-order valence-corrected chi connectivity index (χ3v) is 4.67. The average molecular weight is 393 g/mol. The quantitative estimate of drug-likeness (QED) is 0.677. The van der Waals surface area contributed by atoms with E-state index in [2.05, 4.69) is 4.72 Å². The lowest BCUT2D eigenvalue weighted by Crippen LogP contribution is -2.26. The number of ether oxygens (including phenoxy) is 1. The van der Waals surface area contributed by atoms with Crippen LogP contribution in [-0.2, 0) is 16.4 Å². The van der Waals surface area contributed by atoms with Crippen LogP contribution in [0.1, 0.15) is 5.56 Å². The number of nitrogens with two attached hydrogens (primary N) is 1. The highest BCUT2D eigenvalue weighted by Gasteiger charge is 2.13. The molecule has 0 aliphatic rings. The monoisotopic (exact) mass is 392 g/mol. The van der Waals surface area contributed by atoms with Crippen molar-refractivity contribution in [2.45, 2.75) is 17.7 Å². The summed E-state index contributed by atoms with van der Waals surface area (Å²) in [6.07, 6.45) is -2.06. The molecule has 0 aliphatic carbocycles. The molecule has 3 N–H and O–H groups in total. The maximum Gasteiger partial charge on any atom is 0.272 e. The predicted octanol–water partition coefficient (Wildman–Crippen LogP) is 2.86.